The highest BCUT2D eigenvalue weighted by Gasteiger charge is 2.06. The Kier molecular flexibility index (Phi) is 4.39. The van der Waals surface area contributed by atoms with Gasteiger partial charge in [-0.25, -0.2) is 5.43 Å². The predicted molar refractivity (Wildman–Crippen MR) is 94.8 cm³/mol. The van der Waals surface area contributed by atoms with Crippen LogP contribution < -0.4 is 5.43 Å². The number of hydrazone groups is 1. The number of amides is 1. The van der Waals surface area contributed by atoms with E-state index in [-0.39, 0.29) is 11.7 Å². The molecule has 0 atom stereocenters. The van der Waals surface area contributed by atoms with Crippen molar-refractivity contribution in [1.82, 2.24) is 5.43 Å². The summed E-state index contributed by atoms with van der Waals surface area (Å²) in [7, 11) is 0. The third kappa shape index (κ3) is 3.40. The van der Waals surface area contributed by atoms with Crippen LogP contribution >= 0.6 is 15.9 Å². The number of phenolic OH excluding ortho intramolecular Hbond substituents is 1. The smallest absolute Gasteiger partial charge is 0.271 e. The number of carbonyl (C=O) groups excluding carboxylic acids is 1. The van der Waals surface area contributed by atoms with Crippen LogP contribution in [-0.4, -0.2) is 17.2 Å². The van der Waals surface area contributed by atoms with Crippen molar-refractivity contribution in [3.63, 3.8) is 0 Å². The van der Waals surface area contributed by atoms with Crippen molar-refractivity contribution in [2.24, 2.45) is 5.10 Å². The Bertz CT molecular complexity index is 906. The molecular weight excluding hydrogens is 356 g/mol. The highest BCUT2D eigenvalue weighted by molar-refractivity contribution is 9.10. The summed E-state index contributed by atoms with van der Waals surface area (Å²) >= 11 is 3.32. The number of nitrogens with zero attached hydrogens (tertiary/aromatic N) is 1. The van der Waals surface area contributed by atoms with Gasteiger partial charge in [0.2, 0.25) is 0 Å². The van der Waals surface area contributed by atoms with Crippen molar-refractivity contribution >= 4 is 38.8 Å². The number of fused-ring (bicyclic) bond motifs is 1. The van der Waals surface area contributed by atoms with Crippen LogP contribution in [0.4, 0.5) is 0 Å². The first kappa shape index (κ1) is 15.2. The molecule has 0 spiro atoms. The average Bonchev–Trinajstić information content (AvgIpc) is 2.56. The van der Waals surface area contributed by atoms with Gasteiger partial charge in [-0.05, 0) is 35.0 Å². The van der Waals surface area contributed by atoms with E-state index in [0.717, 1.165) is 15.2 Å². The third-order valence-corrected chi connectivity index (χ3v) is 3.89. The Morgan fingerprint density at radius 2 is 1.91 bits per heavy atom. The molecule has 114 valence electrons. The Labute approximate surface area is 141 Å². The molecule has 0 unspecified atom stereocenters. The molecule has 0 saturated carbocycles. The number of carbonyl (C=O) groups is 1. The minimum atomic E-state index is -0.317. The van der Waals surface area contributed by atoms with Gasteiger partial charge in [-0.15, -0.1) is 0 Å². The van der Waals surface area contributed by atoms with E-state index in [1.807, 2.05) is 36.4 Å². The maximum atomic E-state index is 12.0. The second kappa shape index (κ2) is 6.62. The molecular formula is C18H13BrN2O2. The van der Waals surface area contributed by atoms with Gasteiger partial charge in [0.15, 0.2) is 0 Å². The highest BCUT2D eigenvalue weighted by atomic mass is 79.9. The summed E-state index contributed by atoms with van der Waals surface area (Å²) in [5.41, 5.74) is 3.53. The van der Waals surface area contributed by atoms with Crippen molar-refractivity contribution in [2.75, 3.05) is 0 Å². The van der Waals surface area contributed by atoms with Crippen LogP contribution in [0.3, 0.4) is 0 Å². The molecule has 0 fully saturated rings. The highest BCUT2D eigenvalue weighted by Crippen LogP contribution is 2.25. The summed E-state index contributed by atoms with van der Waals surface area (Å²) in [4.78, 5) is 12.0. The van der Waals surface area contributed by atoms with Crippen LogP contribution in [0.5, 0.6) is 5.75 Å². The minimum absolute atomic E-state index is 0.115. The molecule has 5 heteroatoms. The normalized spacial score (nSPS) is 11.0. The fourth-order valence-corrected chi connectivity index (χ4v) is 2.67. The zero-order valence-electron chi connectivity index (χ0n) is 12.0. The van der Waals surface area contributed by atoms with Gasteiger partial charge in [-0.2, -0.15) is 5.10 Å². The monoisotopic (exact) mass is 368 g/mol. The number of aromatic hydroxyl groups is 1. The van der Waals surface area contributed by atoms with Crippen LogP contribution in [0, 0.1) is 0 Å². The number of hydrogen-bond donors (Lipinski definition) is 2. The Morgan fingerprint density at radius 3 is 2.74 bits per heavy atom. The number of hydrogen-bond acceptors (Lipinski definition) is 3. The second-order valence-electron chi connectivity index (χ2n) is 4.93. The quantitative estimate of drug-likeness (QED) is 0.540. The summed E-state index contributed by atoms with van der Waals surface area (Å²) in [5.74, 6) is -0.202. The van der Waals surface area contributed by atoms with E-state index in [9.17, 15) is 9.90 Å². The molecule has 0 heterocycles. The standard InChI is InChI=1S/C18H13BrN2O2/c19-14-6-3-5-13(10-14)18(23)21-20-11-16-15-7-2-1-4-12(15)8-9-17(16)22/h1-11,22H,(H,21,23)/b20-11-. The van der Waals surface area contributed by atoms with Gasteiger partial charge >= 0.3 is 0 Å². The molecule has 3 aromatic carbocycles. The summed E-state index contributed by atoms with van der Waals surface area (Å²) in [6, 6.07) is 18.1. The molecule has 3 rings (SSSR count). The molecule has 0 aliphatic rings. The molecule has 0 bridgehead atoms. The lowest BCUT2D eigenvalue weighted by Gasteiger charge is -2.05. The molecule has 0 aliphatic carbocycles. The second-order valence-corrected chi connectivity index (χ2v) is 5.84. The van der Waals surface area contributed by atoms with Crippen LogP contribution in [-0.2, 0) is 0 Å². The summed E-state index contributed by atoms with van der Waals surface area (Å²) in [6.45, 7) is 0. The van der Waals surface area contributed by atoms with Crippen LogP contribution in [0.1, 0.15) is 15.9 Å². The number of halogens is 1. The summed E-state index contributed by atoms with van der Waals surface area (Å²) in [6.07, 6.45) is 1.45. The fourth-order valence-electron chi connectivity index (χ4n) is 2.27. The van der Waals surface area contributed by atoms with E-state index in [2.05, 4.69) is 26.5 Å². The lowest BCUT2D eigenvalue weighted by Crippen LogP contribution is -2.17. The van der Waals surface area contributed by atoms with E-state index in [0.29, 0.717) is 11.1 Å². The molecule has 0 radical (unpaired) electrons. The van der Waals surface area contributed by atoms with Crippen molar-refractivity contribution in [1.29, 1.82) is 0 Å². The van der Waals surface area contributed by atoms with E-state index in [4.69, 9.17) is 0 Å². The first-order chi connectivity index (χ1) is 11.1. The first-order valence-electron chi connectivity index (χ1n) is 6.95. The topological polar surface area (TPSA) is 61.7 Å². The zero-order chi connectivity index (χ0) is 16.2. The van der Waals surface area contributed by atoms with E-state index >= 15 is 0 Å². The molecule has 0 aliphatic heterocycles. The van der Waals surface area contributed by atoms with Crippen LogP contribution in [0.25, 0.3) is 10.8 Å². The minimum Gasteiger partial charge on any atom is -0.507 e. The molecule has 2 N–H and O–H groups in total. The van der Waals surface area contributed by atoms with Gasteiger partial charge < -0.3 is 5.11 Å². The average molecular weight is 369 g/mol. The van der Waals surface area contributed by atoms with Crippen LogP contribution in [0.15, 0.2) is 70.2 Å². The number of phenols is 1. The SMILES string of the molecule is O=C(N/N=C\c1c(O)ccc2ccccc12)c1cccc(Br)c1. The van der Waals surface area contributed by atoms with Crippen molar-refractivity contribution in [2.45, 2.75) is 0 Å². The Hall–Kier alpha value is -2.66. The third-order valence-electron chi connectivity index (χ3n) is 3.39. The first-order valence-corrected chi connectivity index (χ1v) is 7.74. The Balaban J connectivity index is 1.84. The molecule has 3 aromatic rings. The van der Waals surface area contributed by atoms with Gasteiger partial charge in [-0.1, -0.05) is 52.3 Å². The number of benzene rings is 3. The van der Waals surface area contributed by atoms with Gasteiger partial charge in [0.1, 0.15) is 5.75 Å². The lowest BCUT2D eigenvalue weighted by molar-refractivity contribution is 0.0955. The largest absolute Gasteiger partial charge is 0.507 e. The summed E-state index contributed by atoms with van der Waals surface area (Å²) < 4.78 is 0.820. The number of nitrogens with one attached hydrogen (secondary N) is 1. The van der Waals surface area contributed by atoms with Crippen molar-refractivity contribution in [3.8, 4) is 5.75 Å². The molecule has 0 saturated heterocycles. The van der Waals surface area contributed by atoms with Crippen molar-refractivity contribution in [3.05, 3.63) is 76.3 Å². The number of rotatable bonds is 3. The van der Waals surface area contributed by atoms with E-state index in [1.54, 1.807) is 24.3 Å². The van der Waals surface area contributed by atoms with Gasteiger partial charge in [-0.3, -0.25) is 4.79 Å². The van der Waals surface area contributed by atoms with Gasteiger partial charge in [0, 0.05) is 15.6 Å². The molecule has 0 aromatic heterocycles. The van der Waals surface area contributed by atoms with Gasteiger partial charge in [0.05, 0.1) is 6.21 Å². The molecule has 1 amide bonds. The maximum absolute atomic E-state index is 12.0. The Morgan fingerprint density at radius 1 is 1.09 bits per heavy atom. The van der Waals surface area contributed by atoms with Crippen molar-refractivity contribution < 1.29 is 9.90 Å². The molecule has 23 heavy (non-hydrogen) atoms. The predicted octanol–water partition coefficient (Wildman–Crippen LogP) is 4.07. The van der Waals surface area contributed by atoms with Gasteiger partial charge in [0.25, 0.3) is 5.91 Å². The summed E-state index contributed by atoms with van der Waals surface area (Å²) in [5, 5.41) is 15.8. The fraction of sp³-hybridized carbons (Fsp3) is 0. The van der Waals surface area contributed by atoms with E-state index < -0.39 is 0 Å². The zero-order valence-corrected chi connectivity index (χ0v) is 13.6. The molecule has 4 nitrogen and oxygen atoms in total. The maximum Gasteiger partial charge on any atom is 0.271 e. The lowest BCUT2D eigenvalue weighted by atomic mass is 10.0. The van der Waals surface area contributed by atoms with E-state index in [1.165, 1.54) is 6.21 Å². The van der Waals surface area contributed by atoms with Crippen LogP contribution in [0.2, 0.25) is 0 Å².